The third-order valence-electron chi connectivity index (χ3n) is 7.45. The molecule has 46 heavy (non-hydrogen) atoms. The van der Waals surface area contributed by atoms with Gasteiger partial charge >= 0.3 is 26.4 Å². The second kappa shape index (κ2) is 25.2. The number of quaternary nitrogens is 1. The molecule has 0 aromatic heterocycles. The first kappa shape index (κ1) is 46.2. The van der Waals surface area contributed by atoms with Crippen molar-refractivity contribution in [1.29, 1.82) is 0 Å². The Labute approximate surface area is 284 Å². The quantitative estimate of drug-likeness (QED) is 0.0551. The summed E-state index contributed by atoms with van der Waals surface area (Å²) in [6.45, 7) is 23.9. The maximum absolute atomic E-state index is 12.1. The lowest BCUT2D eigenvalue weighted by Crippen LogP contribution is -2.55. The van der Waals surface area contributed by atoms with Crippen LogP contribution in [-0.2, 0) is 50.0 Å². The second-order valence-electron chi connectivity index (χ2n) is 10.8. The number of nitrogens with zero attached hydrogens (tertiary/aromatic N) is 1. The third-order valence-corrected chi connectivity index (χ3v) is 17.6. The van der Waals surface area contributed by atoms with Gasteiger partial charge in [0.1, 0.15) is 5.75 Å². The summed E-state index contributed by atoms with van der Waals surface area (Å²) in [6, 6.07) is 1.79. The minimum atomic E-state index is -4.21. The molecule has 1 N–H and O–H groups in total. The van der Waals surface area contributed by atoms with Crippen LogP contribution in [0, 0.1) is 0 Å². The fourth-order valence-corrected chi connectivity index (χ4v) is 14.3. The van der Waals surface area contributed by atoms with Gasteiger partial charge in [-0.1, -0.05) is 0 Å². The van der Waals surface area contributed by atoms with Crippen LogP contribution >= 0.6 is 0 Å². The van der Waals surface area contributed by atoms with Crippen LogP contribution in [0.1, 0.15) is 81.6 Å². The van der Waals surface area contributed by atoms with Crippen LogP contribution in [0.4, 0.5) is 0 Å². The van der Waals surface area contributed by atoms with Gasteiger partial charge in [0.05, 0.1) is 26.2 Å². The lowest BCUT2D eigenvalue weighted by atomic mass is 10.2. The van der Waals surface area contributed by atoms with E-state index in [0.717, 1.165) is 0 Å². The molecule has 0 aliphatic heterocycles. The predicted molar refractivity (Wildman–Crippen MR) is 186 cm³/mol. The van der Waals surface area contributed by atoms with E-state index >= 15 is 0 Å². The molecule has 0 aliphatic rings. The van der Waals surface area contributed by atoms with Crippen LogP contribution in [-0.4, -0.2) is 135 Å². The van der Waals surface area contributed by atoms with Gasteiger partial charge in [0.25, 0.3) is 10.1 Å². The van der Waals surface area contributed by atoms with Crippen molar-refractivity contribution >= 4 is 36.5 Å². The van der Waals surface area contributed by atoms with Crippen molar-refractivity contribution in [2.75, 3.05) is 91.4 Å². The summed E-state index contributed by atoms with van der Waals surface area (Å²) in [5, 5.41) is 0. The van der Waals surface area contributed by atoms with Gasteiger partial charge in [-0.05, 0) is 62.3 Å². The van der Waals surface area contributed by atoms with Crippen molar-refractivity contribution in [3.8, 4) is 0 Å². The Morgan fingerprint density at radius 2 is 0.652 bits per heavy atom. The molecule has 13 nitrogen and oxygen atoms in total. The van der Waals surface area contributed by atoms with Gasteiger partial charge in [-0.25, -0.2) is 0 Å². The molecular formula is C29H68NO12SSi3+. The minimum absolute atomic E-state index is 0.240. The molecule has 0 amide bonds. The lowest BCUT2D eigenvalue weighted by molar-refractivity contribution is -0.926. The Bertz CT molecular complexity index is 729. The van der Waals surface area contributed by atoms with Crippen LogP contribution in [0.3, 0.4) is 0 Å². The highest BCUT2D eigenvalue weighted by Gasteiger charge is 2.45. The van der Waals surface area contributed by atoms with E-state index in [2.05, 4.69) is 0 Å². The van der Waals surface area contributed by atoms with Crippen LogP contribution < -0.4 is 0 Å². The maximum atomic E-state index is 12.1. The molecule has 0 fully saturated rings. The molecule has 0 saturated carbocycles. The summed E-state index contributed by atoms with van der Waals surface area (Å²) in [6.07, 6.45) is 2.06. The van der Waals surface area contributed by atoms with Gasteiger partial charge in [0.2, 0.25) is 0 Å². The molecule has 0 aromatic carbocycles. The summed E-state index contributed by atoms with van der Waals surface area (Å²) >= 11 is 0. The minimum Gasteiger partial charge on any atom is -0.374 e. The Hall–Kier alpha value is 0.161. The molecule has 0 aliphatic carbocycles. The number of rotatable bonds is 33. The molecule has 0 aromatic rings. The van der Waals surface area contributed by atoms with Crippen molar-refractivity contribution in [3.63, 3.8) is 0 Å². The highest BCUT2D eigenvalue weighted by Crippen LogP contribution is 2.26. The molecule has 0 unspecified atom stereocenters. The Morgan fingerprint density at radius 3 is 0.826 bits per heavy atom. The van der Waals surface area contributed by atoms with Gasteiger partial charge in [-0.2, -0.15) is 8.42 Å². The van der Waals surface area contributed by atoms with Crippen molar-refractivity contribution < 1.29 is 57.3 Å². The van der Waals surface area contributed by atoms with Gasteiger partial charge in [-0.15, -0.1) is 0 Å². The summed E-state index contributed by atoms with van der Waals surface area (Å²) in [5.41, 5.74) is 0. The van der Waals surface area contributed by atoms with Crippen molar-refractivity contribution in [2.24, 2.45) is 0 Å². The van der Waals surface area contributed by atoms with Crippen LogP contribution in [0.2, 0.25) is 18.1 Å². The Morgan fingerprint density at radius 1 is 0.435 bits per heavy atom. The molecule has 0 spiro atoms. The van der Waals surface area contributed by atoms with E-state index in [-0.39, 0.29) is 12.3 Å². The van der Waals surface area contributed by atoms with Crippen molar-refractivity contribution in [2.45, 2.75) is 99.7 Å². The van der Waals surface area contributed by atoms with Crippen molar-refractivity contribution in [3.05, 3.63) is 0 Å². The van der Waals surface area contributed by atoms with Crippen LogP contribution in [0.15, 0.2) is 0 Å². The second-order valence-corrected chi connectivity index (χ2v) is 20.5. The first-order valence-electron chi connectivity index (χ1n) is 17.4. The van der Waals surface area contributed by atoms with E-state index in [1.54, 1.807) is 0 Å². The predicted octanol–water partition coefficient (Wildman–Crippen LogP) is 5.01. The Balaban J connectivity index is 6.48. The zero-order valence-electron chi connectivity index (χ0n) is 30.4. The van der Waals surface area contributed by atoms with E-state index in [0.29, 0.717) is 121 Å². The molecule has 0 bridgehead atoms. The fourth-order valence-electron chi connectivity index (χ4n) is 5.88. The molecule has 0 radical (unpaired) electrons. The summed E-state index contributed by atoms with van der Waals surface area (Å²) in [4.78, 5) is 0. The zero-order valence-corrected chi connectivity index (χ0v) is 34.3. The van der Waals surface area contributed by atoms with E-state index in [9.17, 15) is 13.0 Å². The standard InChI is InChI=1S/C29H67NO12SSi3/c1-10-34-44(35-11-2,36-12-3)27-19-22-30(25-26-43(31,32)33,23-20-28-45(37-13-4,38-14-5)39-15-6)24-21-29-46(40-16-7,41-17-8)42-18-9/h10-29H2,1-9H3/p+1. The summed E-state index contributed by atoms with van der Waals surface area (Å²) in [5.74, 6) is -0.353. The fraction of sp³-hybridized carbons (Fsp3) is 1.00. The van der Waals surface area contributed by atoms with E-state index in [1.807, 2.05) is 62.3 Å². The first-order valence-corrected chi connectivity index (χ1v) is 24.8. The molecule has 278 valence electrons. The first-order chi connectivity index (χ1) is 21.9. The maximum Gasteiger partial charge on any atom is 0.501 e. The monoisotopic (exact) mass is 738 g/mol. The summed E-state index contributed by atoms with van der Waals surface area (Å²) < 4.78 is 89.6. The highest BCUT2D eigenvalue weighted by molar-refractivity contribution is 7.85. The molecule has 0 rings (SSSR count). The topological polar surface area (TPSA) is 137 Å². The smallest absolute Gasteiger partial charge is 0.374 e. The Kier molecular flexibility index (Phi) is 25.3. The summed E-state index contributed by atoms with van der Waals surface area (Å²) in [7, 11) is -13.0. The third kappa shape index (κ3) is 18.2. The van der Waals surface area contributed by atoms with E-state index in [4.69, 9.17) is 39.8 Å². The highest BCUT2D eigenvalue weighted by atomic mass is 32.2. The van der Waals surface area contributed by atoms with Gasteiger partial charge in [0.15, 0.2) is 0 Å². The van der Waals surface area contributed by atoms with E-state index < -0.39 is 36.5 Å². The van der Waals surface area contributed by atoms with Crippen LogP contribution in [0.25, 0.3) is 0 Å². The average Bonchev–Trinajstić information content (AvgIpc) is 2.97. The van der Waals surface area contributed by atoms with Gasteiger partial charge in [-0.3, -0.25) is 4.55 Å². The van der Waals surface area contributed by atoms with E-state index in [1.165, 1.54) is 0 Å². The molecule has 0 atom stereocenters. The average molecular weight is 739 g/mol. The largest absolute Gasteiger partial charge is 0.501 e. The van der Waals surface area contributed by atoms with Gasteiger partial charge in [0, 0.05) is 96.9 Å². The lowest BCUT2D eigenvalue weighted by Gasteiger charge is -2.41. The molecular weight excluding hydrogens is 671 g/mol. The van der Waals surface area contributed by atoms with Crippen LogP contribution in [0.5, 0.6) is 0 Å². The SMILES string of the molecule is CCO[Si](CCC[N+](CCC[Si](OCC)(OCC)OCC)(CCC[Si](OCC)(OCC)OCC)CCS(=O)(=O)O)(OCC)OCC. The zero-order chi connectivity index (χ0) is 35.0. The number of hydrogen-bond acceptors (Lipinski definition) is 11. The molecule has 0 heterocycles. The van der Waals surface area contributed by atoms with Crippen molar-refractivity contribution in [1.82, 2.24) is 0 Å². The van der Waals surface area contributed by atoms with Gasteiger partial charge < -0.3 is 44.3 Å². The number of hydrogen-bond donors (Lipinski definition) is 1. The normalized spacial score (nSPS) is 13.5. The molecule has 17 heteroatoms. The molecule has 0 saturated heterocycles.